The number of piperazine rings is 1. The lowest BCUT2D eigenvalue weighted by atomic mass is 10.2. The Morgan fingerprint density at radius 1 is 1.25 bits per heavy atom. The number of aryl methyl sites for hydroxylation is 1. The minimum Gasteiger partial charge on any atom is -0.381 e. The number of unbranched alkanes of at least 4 members (excludes halogenated alkanes) is 1. The minimum atomic E-state index is -0.308. The topological polar surface area (TPSA) is 68.6 Å². The summed E-state index contributed by atoms with van der Waals surface area (Å²) < 4.78 is 5.47. The van der Waals surface area contributed by atoms with Crippen molar-refractivity contribution in [2.24, 2.45) is 0 Å². The van der Waals surface area contributed by atoms with Crippen molar-refractivity contribution in [2.45, 2.75) is 33.1 Å². The summed E-state index contributed by atoms with van der Waals surface area (Å²) in [5.41, 5.74) is 2.64. The summed E-state index contributed by atoms with van der Waals surface area (Å²) in [5, 5.41) is 12.2. The van der Waals surface area contributed by atoms with Crippen LogP contribution in [-0.4, -0.2) is 56.7 Å². The number of nitrogens with zero attached hydrogens (tertiary/aromatic N) is 3. The van der Waals surface area contributed by atoms with Crippen LogP contribution in [0, 0.1) is 18.3 Å². The molecule has 1 amide bonds. The highest BCUT2D eigenvalue weighted by Crippen LogP contribution is 2.18. The molecule has 1 saturated heterocycles. The van der Waals surface area contributed by atoms with E-state index in [-0.39, 0.29) is 11.5 Å². The molecule has 0 bridgehead atoms. The maximum Gasteiger partial charge on any atom is 0.263 e. The normalized spacial score (nSPS) is 14.7. The summed E-state index contributed by atoms with van der Waals surface area (Å²) in [4.78, 5) is 16.6. The number of carbonyl (C=O) groups excluding carboxylic acids is 1. The summed E-state index contributed by atoms with van der Waals surface area (Å²) in [6, 6.07) is 10.5. The van der Waals surface area contributed by atoms with Gasteiger partial charge in [0, 0.05) is 57.8 Å². The molecular formula is C22H32N4O2. The van der Waals surface area contributed by atoms with Gasteiger partial charge in [0.05, 0.1) is 0 Å². The summed E-state index contributed by atoms with van der Waals surface area (Å²) in [5.74, 6) is -0.308. The van der Waals surface area contributed by atoms with E-state index in [1.807, 2.05) is 6.07 Å². The fourth-order valence-corrected chi connectivity index (χ4v) is 3.07. The SMILES string of the molecule is CCCCOCCCNC(=O)/C(C#N)=C\N1CCN(c2cccc(C)c2)CC1. The van der Waals surface area contributed by atoms with Crippen molar-refractivity contribution in [3.8, 4) is 6.07 Å². The lowest BCUT2D eigenvalue weighted by molar-refractivity contribution is -0.117. The van der Waals surface area contributed by atoms with Gasteiger partial charge in [-0.3, -0.25) is 4.79 Å². The number of amides is 1. The van der Waals surface area contributed by atoms with Crippen molar-refractivity contribution in [3.05, 3.63) is 41.6 Å². The average molecular weight is 385 g/mol. The highest BCUT2D eigenvalue weighted by Gasteiger charge is 2.17. The molecular weight excluding hydrogens is 352 g/mol. The van der Waals surface area contributed by atoms with Crippen molar-refractivity contribution < 1.29 is 9.53 Å². The van der Waals surface area contributed by atoms with Crippen molar-refractivity contribution in [2.75, 3.05) is 50.8 Å². The molecule has 0 saturated carbocycles. The largest absolute Gasteiger partial charge is 0.381 e. The lowest BCUT2D eigenvalue weighted by Crippen LogP contribution is -2.44. The van der Waals surface area contributed by atoms with E-state index in [4.69, 9.17) is 4.74 Å². The standard InChI is InChI=1S/C22H32N4O2/c1-3-4-14-28-15-6-9-24-22(27)20(17-23)18-25-10-12-26(13-11-25)21-8-5-7-19(2)16-21/h5,7-8,16,18H,3-4,6,9-15H2,1-2H3,(H,24,27)/b20-18-. The van der Waals surface area contributed by atoms with Crippen LogP contribution in [0.5, 0.6) is 0 Å². The van der Waals surface area contributed by atoms with Gasteiger partial charge in [-0.2, -0.15) is 5.26 Å². The van der Waals surface area contributed by atoms with Crippen molar-refractivity contribution in [3.63, 3.8) is 0 Å². The molecule has 152 valence electrons. The summed E-state index contributed by atoms with van der Waals surface area (Å²) >= 11 is 0. The van der Waals surface area contributed by atoms with Crippen LogP contribution in [-0.2, 0) is 9.53 Å². The van der Waals surface area contributed by atoms with E-state index in [9.17, 15) is 10.1 Å². The number of carbonyl (C=O) groups is 1. The molecule has 1 aliphatic heterocycles. The summed E-state index contributed by atoms with van der Waals surface area (Å²) in [7, 11) is 0. The Balaban J connectivity index is 1.75. The van der Waals surface area contributed by atoms with Crippen molar-refractivity contribution in [1.29, 1.82) is 5.26 Å². The van der Waals surface area contributed by atoms with Gasteiger partial charge in [0.25, 0.3) is 5.91 Å². The number of hydrogen-bond acceptors (Lipinski definition) is 5. The van der Waals surface area contributed by atoms with E-state index in [0.717, 1.165) is 52.0 Å². The molecule has 0 unspecified atom stereocenters. The molecule has 0 aliphatic carbocycles. The number of rotatable bonds is 10. The zero-order valence-corrected chi connectivity index (χ0v) is 17.1. The van der Waals surface area contributed by atoms with Gasteiger partial charge in [0.1, 0.15) is 11.6 Å². The Labute approximate surface area is 168 Å². The van der Waals surface area contributed by atoms with Gasteiger partial charge in [0.2, 0.25) is 0 Å². The van der Waals surface area contributed by atoms with Crippen LogP contribution >= 0.6 is 0 Å². The molecule has 6 nitrogen and oxygen atoms in total. The van der Waals surface area contributed by atoms with Gasteiger partial charge >= 0.3 is 0 Å². The van der Waals surface area contributed by atoms with E-state index in [0.29, 0.717) is 13.2 Å². The third-order valence-electron chi connectivity index (χ3n) is 4.75. The number of nitriles is 1. The Morgan fingerprint density at radius 3 is 2.68 bits per heavy atom. The van der Waals surface area contributed by atoms with Gasteiger partial charge in [-0.1, -0.05) is 25.5 Å². The highest BCUT2D eigenvalue weighted by molar-refractivity contribution is 5.97. The van der Waals surface area contributed by atoms with Crippen LogP contribution in [0.25, 0.3) is 0 Å². The third kappa shape index (κ3) is 7.24. The fourth-order valence-electron chi connectivity index (χ4n) is 3.07. The third-order valence-corrected chi connectivity index (χ3v) is 4.75. The monoisotopic (exact) mass is 384 g/mol. The predicted molar refractivity (Wildman–Crippen MR) is 112 cm³/mol. The number of hydrogen-bond donors (Lipinski definition) is 1. The van der Waals surface area contributed by atoms with Gasteiger partial charge in [0.15, 0.2) is 0 Å². The van der Waals surface area contributed by atoms with Crippen LogP contribution in [0.2, 0.25) is 0 Å². The second-order valence-electron chi connectivity index (χ2n) is 7.09. The molecule has 2 rings (SSSR count). The Morgan fingerprint density at radius 2 is 2.00 bits per heavy atom. The molecule has 0 radical (unpaired) electrons. The number of ether oxygens (including phenoxy) is 1. The Bertz CT molecular complexity index is 688. The molecule has 0 aromatic heterocycles. The first kappa shape index (κ1) is 21.8. The molecule has 1 fully saturated rings. The maximum absolute atomic E-state index is 12.2. The molecule has 0 spiro atoms. The van der Waals surface area contributed by atoms with Crippen LogP contribution < -0.4 is 10.2 Å². The van der Waals surface area contributed by atoms with Crippen LogP contribution in [0.3, 0.4) is 0 Å². The molecule has 1 N–H and O–H groups in total. The van der Waals surface area contributed by atoms with E-state index in [1.165, 1.54) is 11.3 Å². The van der Waals surface area contributed by atoms with E-state index >= 15 is 0 Å². The fraction of sp³-hybridized carbons (Fsp3) is 0.545. The van der Waals surface area contributed by atoms with E-state index in [1.54, 1.807) is 6.20 Å². The number of benzene rings is 1. The van der Waals surface area contributed by atoms with Crippen LogP contribution in [0.15, 0.2) is 36.0 Å². The molecule has 6 heteroatoms. The van der Waals surface area contributed by atoms with Crippen LogP contribution in [0.1, 0.15) is 31.7 Å². The summed E-state index contributed by atoms with van der Waals surface area (Å²) in [6.07, 6.45) is 4.63. The zero-order valence-electron chi connectivity index (χ0n) is 17.1. The van der Waals surface area contributed by atoms with E-state index < -0.39 is 0 Å². The predicted octanol–water partition coefficient (Wildman–Crippen LogP) is 2.85. The van der Waals surface area contributed by atoms with Crippen molar-refractivity contribution in [1.82, 2.24) is 10.2 Å². The average Bonchev–Trinajstić information content (AvgIpc) is 2.71. The molecule has 1 heterocycles. The van der Waals surface area contributed by atoms with Gasteiger partial charge in [-0.05, 0) is 37.5 Å². The van der Waals surface area contributed by atoms with Gasteiger partial charge in [-0.25, -0.2) is 0 Å². The minimum absolute atomic E-state index is 0.163. The van der Waals surface area contributed by atoms with Gasteiger partial charge in [-0.15, -0.1) is 0 Å². The first-order valence-corrected chi connectivity index (χ1v) is 10.2. The van der Waals surface area contributed by atoms with Crippen LogP contribution in [0.4, 0.5) is 5.69 Å². The first-order chi connectivity index (χ1) is 13.6. The smallest absolute Gasteiger partial charge is 0.263 e. The van der Waals surface area contributed by atoms with Crippen molar-refractivity contribution >= 4 is 11.6 Å². The lowest BCUT2D eigenvalue weighted by Gasteiger charge is -2.35. The molecule has 28 heavy (non-hydrogen) atoms. The number of anilines is 1. The summed E-state index contributed by atoms with van der Waals surface area (Å²) in [6.45, 7) is 9.46. The second-order valence-corrected chi connectivity index (χ2v) is 7.09. The van der Waals surface area contributed by atoms with E-state index in [2.05, 4.69) is 53.2 Å². The highest BCUT2D eigenvalue weighted by atomic mass is 16.5. The Kier molecular flexibility index (Phi) is 9.36. The maximum atomic E-state index is 12.2. The molecule has 1 aromatic rings. The second kappa shape index (κ2) is 12.0. The molecule has 1 aliphatic rings. The Hall–Kier alpha value is -2.52. The molecule has 0 atom stereocenters. The quantitative estimate of drug-likeness (QED) is 0.382. The molecule has 1 aromatic carbocycles. The first-order valence-electron chi connectivity index (χ1n) is 10.2. The number of nitrogens with one attached hydrogen (secondary N) is 1. The van der Waals surface area contributed by atoms with Gasteiger partial charge < -0.3 is 19.9 Å². The zero-order chi connectivity index (χ0) is 20.2.